The minimum absolute atomic E-state index is 0.00875. The lowest BCUT2D eigenvalue weighted by Gasteiger charge is -2.32. The molecule has 1 heterocycles. The Bertz CT molecular complexity index is 525. The van der Waals surface area contributed by atoms with Crippen LogP contribution >= 0.6 is 0 Å². The minimum Gasteiger partial charge on any atom is -0.493 e. The van der Waals surface area contributed by atoms with Crippen LogP contribution < -0.4 is 14.8 Å². The van der Waals surface area contributed by atoms with Crippen LogP contribution in [-0.4, -0.2) is 49.6 Å². The van der Waals surface area contributed by atoms with Gasteiger partial charge in [-0.3, -0.25) is 9.59 Å². The molecule has 0 atom stereocenters. The van der Waals surface area contributed by atoms with Gasteiger partial charge >= 0.3 is 0 Å². The number of methoxy groups -OCH3 is 1. The van der Waals surface area contributed by atoms with Gasteiger partial charge in [0.1, 0.15) is 0 Å². The van der Waals surface area contributed by atoms with Crippen LogP contribution in [0.5, 0.6) is 11.5 Å². The number of nitrogens with one attached hydrogen (secondary N) is 1. The number of benzene rings is 1. The average Bonchev–Trinajstić information content (AvgIpc) is 2.53. The zero-order valence-corrected chi connectivity index (χ0v) is 13.0. The third-order valence-corrected chi connectivity index (χ3v) is 3.68. The lowest BCUT2D eigenvalue weighted by Crippen LogP contribution is -2.47. The molecule has 0 saturated carbocycles. The van der Waals surface area contributed by atoms with E-state index in [0.717, 1.165) is 12.8 Å². The largest absolute Gasteiger partial charge is 0.493 e. The Morgan fingerprint density at radius 1 is 1.23 bits per heavy atom. The van der Waals surface area contributed by atoms with Crippen molar-refractivity contribution in [3.8, 4) is 11.5 Å². The third kappa shape index (κ3) is 4.38. The lowest BCUT2D eigenvalue weighted by atomic mass is 10.1. The summed E-state index contributed by atoms with van der Waals surface area (Å²) in [5.74, 6) is 1.10. The van der Waals surface area contributed by atoms with E-state index in [1.54, 1.807) is 24.1 Å². The predicted molar refractivity (Wildman–Crippen MR) is 81.9 cm³/mol. The van der Waals surface area contributed by atoms with Crippen molar-refractivity contribution in [2.24, 2.45) is 0 Å². The maximum Gasteiger partial charge on any atom is 0.260 e. The Morgan fingerprint density at radius 3 is 2.45 bits per heavy atom. The standard InChI is InChI=1S/C16H22N2O4/c1-12(19)17-13-7-9-18(10-8-13)16(20)11-22-15-6-4-3-5-14(15)21-2/h3-6,13H,7-11H2,1-2H3,(H,17,19). The summed E-state index contributed by atoms with van der Waals surface area (Å²) in [6.07, 6.45) is 1.56. The molecule has 1 aromatic rings. The quantitative estimate of drug-likeness (QED) is 0.887. The molecule has 1 aliphatic heterocycles. The van der Waals surface area contributed by atoms with Gasteiger partial charge in [0.05, 0.1) is 7.11 Å². The van der Waals surface area contributed by atoms with Crippen molar-refractivity contribution in [2.75, 3.05) is 26.8 Å². The van der Waals surface area contributed by atoms with Crippen LogP contribution in [0.4, 0.5) is 0 Å². The summed E-state index contributed by atoms with van der Waals surface area (Å²) in [6, 6.07) is 7.41. The fourth-order valence-electron chi connectivity index (χ4n) is 2.53. The summed E-state index contributed by atoms with van der Waals surface area (Å²) >= 11 is 0. The molecule has 22 heavy (non-hydrogen) atoms. The van der Waals surface area contributed by atoms with Crippen molar-refractivity contribution in [3.63, 3.8) is 0 Å². The number of likely N-dealkylation sites (tertiary alicyclic amines) is 1. The number of para-hydroxylation sites is 2. The maximum atomic E-state index is 12.2. The van der Waals surface area contributed by atoms with Crippen LogP contribution in [0.15, 0.2) is 24.3 Å². The van der Waals surface area contributed by atoms with E-state index in [4.69, 9.17) is 9.47 Å². The first-order valence-corrected chi connectivity index (χ1v) is 7.41. The smallest absolute Gasteiger partial charge is 0.260 e. The van der Waals surface area contributed by atoms with Crippen molar-refractivity contribution in [3.05, 3.63) is 24.3 Å². The van der Waals surface area contributed by atoms with Crippen LogP contribution in [-0.2, 0) is 9.59 Å². The van der Waals surface area contributed by atoms with E-state index in [2.05, 4.69) is 5.32 Å². The summed E-state index contributed by atoms with van der Waals surface area (Å²) in [4.78, 5) is 25.0. The van der Waals surface area contributed by atoms with Crippen LogP contribution in [0.3, 0.4) is 0 Å². The minimum atomic E-state index is -0.0489. The third-order valence-electron chi connectivity index (χ3n) is 3.68. The number of amides is 2. The zero-order valence-electron chi connectivity index (χ0n) is 13.0. The zero-order chi connectivity index (χ0) is 15.9. The van der Waals surface area contributed by atoms with Crippen LogP contribution in [0, 0.1) is 0 Å². The van der Waals surface area contributed by atoms with E-state index in [9.17, 15) is 9.59 Å². The van der Waals surface area contributed by atoms with Gasteiger partial charge in [0.15, 0.2) is 18.1 Å². The van der Waals surface area contributed by atoms with Crippen molar-refractivity contribution in [2.45, 2.75) is 25.8 Å². The normalized spacial score (nSPS) is 15.3. The summed E-state index contributed by atoms with van der Waals surface area (Å²) in [7, 11) is 1.57. The molecule has 1 aromatic carbocycles. The van der Waals surface area contributed by atoms with Crippen molar-refractivity contribution in [1.82, 2.24) is 10.2 Å². The SMILES string of the molecule is COc1ccccc1OCC(=O)N1CCC(NC(C)=O)CC1. The number of hydrogen-bond acceptors (Lipinski definition) is 4. The van der Waals surface area contributed by atoms with Gasteiger partial charge in [0, 0.05) is 26.1 Å². The lowest BCUT2D eigenvalue weighted by molar-refractivity contribution is -0.134. The van der Waals surface area contributed by atoms with Gasteiger partial charge in [-0.25, -0.2) is 0 Å². The second-order valence-corrected chi connectivity index (χ2v) is 5.30. The summed E-state index contributed by atoms with van der Waals surface area (Å²) in [5.41, 5.74) is 0. The molecule has 0 spiro atoms. The number of carbonyl (C=O) groups is 2. The number of carbonyl (C=O) groups excluding carboxylic acids is 2. The number of rotatable bonds is 5. The Hall–Kier alpha value is -2.24. The molecule has 0 radical (unpaired) electrons. The summed E-state index contributed by atoms with van der Waals surface area (Å²) in [6.45, 7) is 2.78. The molecule has 6 heteroatoms. The molecule has 0 bridgehead atoms. The van der Waals surface area contributed by atoms with Crippen molar-refractivity contribution < 1.29 is 19.1 Å². The highest BCUT2D eigenvalue weighted by Crippen LogP contribution is 2.25. The highest BCUT2D eigenvalue weighted by atomic mass is 16.5. The number of piperidine rings is 1. The molecular formula is C16H22N2O4. The van der Waals surface area contributed by atoms with Crippen LogP contribution in [0.1, 0.15) is 19.8 Å². The maximum absolute atomic E-state index is 12.2. The highest BCUT2D eigenvalue weighted by molar-refractivity contribution is 5.78. The van der Waals surface area contributed by atoms with E-state index in [1.165, 1.54) is 6.92 Å². The average molecular weight is 306 g/mol. The molecule has 1 fully saturated rings. The summed E-state index contributed by atoms with van der Waals surface area (Å²) < 4.78 is 10.7. The van der Waals surface area contributed by atoms with E-state index in [-0.39, 0.29) is 24.5 Å². The van der Waals surface area contributed by atoms with Gasteiger partial charge in [0.25, 0.3) is 5.91 Å². The van der Waals surface area contributed by atoms with Crippen molar-refractivity contribution in [1.29, 1.82) is 0 Å². The van der Waals surface area contributed by atoms with Gasteiger partial charge < -0.3 is 19.7 Å². The monoisotopic (exact) mass is 306 g/mol. The molecule has 1 saturated heterocycles. The van der Waals surface area contributed by atoms with E-state index in [0.29, 0.717) is 24.6 Å². The Balaban J connectivity index is 1.80. The van der Waals surface area contributed by atoms with E-state index < -0.39 is 0 Å². The van der Waals surface area contributed by atoms with Gasteiger partial charge in [-0.1, -0.05) is 12.1 Å². The molecule has 2 rings (SSSR count). The number of hydrogen-bond donors (Lipinski definition) is 1. The highest BCUT2D eigenvalue weighted by Gasteiger charge is 2.23. The Labute approximate surface area is 130 Å². The topological polar surface area (TPSA) is 67.9 Å². The summed E-state index contributed by atoms with van der Waals surface area (Å²) in [5, 5.41) is 2.89. The second kappa shape index (κ2) is 7.68. The Morgan fingerprint density at radius 2 is 1.86 bits per heavy atom. The number of nitrogens with zero attached hydrogens (tertiary/aromatic N) is 1. The van der Waals surface area contributed by atoms with Gasteiger partial charge in [-0.05, 0) is 25.0 Å². The molecule has 0 aromatic heterocycles. The Kier molecular flexibility index (Phi) is 5.63. The first-order chi connectivity index (χ1) is 10.6. The molecule has 1 N–H and O–H groups in total. The predicted octanol–water partition coefficient (Wildman–Crippen LogP) is 1.20. The first-order valence-electron chi connectivity index (χ1n) is 7.41. The van der Waals surface area contributed by atoms with Crippen molar-refractivity contribution >= 4 is 11.8 Å². The van der Waals surface area contributed by atoms with Gasteiger partial charge in [0.2, 0.25) is 5.91 Å². The van der Waals surface area contributed by atoms with Crippen LogP contribution in [0.25, 0.3) is 0 Å². The second-order valence-electron chi connectivity index (χ2n) is 5.30. The molecule has 120 valence electrons. The molecular weight excluding hydrogens is 284 g/mol. The molecule has 0 unspecified atom stereocenters. The van der Waals surface area contributed by atoms with Gasteiger partial charge in [-0.2, -0.15) is 0 Å². The molecule has 6 nitrogen and oxygen atoms in total. The first kappa shape index (κ1) is 16.1. The van der Waals surface area contributed by atoms with E-state index >= 15 is 0 Å². The van der Waals surface area contributed by atoms with Crippen LogP contribution in [0.2, 0.25) is 0 Å². The number of ether oxygens (including phenoxy) is 2. The molecule has 0 aliphatic carbocycles. The van der Waals surface area contributed by atoms with Gasteiger partial charge in [-0.15, -0.1) is 0 Å². The molecule has 1 aliphatic rings. The fourth-order valence-corrected chi connectivity index (χ4v) is 2.53. The fraction of sp³-hybridized carbons (Fsp3) is 0.500. The molecule has 2 amide bonds. The van der Waals surface area contributed by atoms with E-state index in [1.807, 2.05) is 12.1 Å².